The summed E-state index contributed by atoms with van der Waals surface area (Å²) < 4.78 is 31.2. The minimum atomic E-state index is -1.07. The van der Waals surface area contributed by atoms with Crippen LogP contribution >= 0.6 is 0 Å². The molecule has 94 valence electrons. The zero-order valence-electron chi connectivity index (χ0n) is 9.59. The number of nitrogens with one attached hydrogen (secondary N) is 1. The lowest BCUT2D eigenvalue weighted by Gasteiger charge is -2.22. The topological polar surface area (TPSA) is 64.3 Å². The van der Waals surface area contributed by atoms with Crippen LogP contribution in [0.25, 0.3) is 0 Å². The van der Waals surface area contributed by atoms with E-state index in [1.165, 1.54) is 12.1 Å². The van der Waals surface area contributed by atoms with Crippen LogP contribution in [0.3, 0.4) is 0 Å². The monoisotopic (exact) mass is 244 g/mol. The molecular formula is C11H14F2N2O2. The van der Waals surface area contributed by atoms with Gasteiger partial charge in [-0.15, -0.1) is 0 Å². The number of carbonyl (C=O) groups is 1. The highest BCUT2D eigenvalue weighted by Gasteiger charge is 2.28. The van der Waals surface area contributed by atoms with E-state index in [-0.39, 0.29) is 12.4 Å². The summed E-state index contributed by atoms with van der Waals surface area (Å²) in [6.07, 6.45) is 0. The predicted octanol–water partition coefficient (Wildman–Crippen LogP) is 1.36. The first-order valence-corrected chi connectivity index (χ1v) is 4.96. The molecule has 0 radical (unpaired) electrons. The summed E-state index contributed by atoms with van der Waals surface area (Å²) in [5.41, 5.74) is 1.04. The minimum absolute atomic E-state index is 0.115. The van der Waals surface area contributed by atoms with Crippen molar-refractivity contribution >= 4 is 5.91 Å². The van der Waals surface area contributed by atoms with Crippen LogP contribution in [-0.4, -0.2) is 12.5 Å². The Balaban J connectivity index is 2.74. The Labute approximate surface area is 97.7 Å². The number of hydrazine groups is 1. The van der Waals surface area contributed by atoms with Crippen molar-refractivity contribution in [2.24, 2.45) is 11.3 Å². The van der Waals surface area contributed by atoms with Gasteiger partial charge < -0.3 is 4.74 Å². The summed E-state index contributed by atoms with van der Waals surface area (Å²) >= 11 is 0. The van der Waals surface area contributed by atoms with Crippen molar-refractivity contribution in [1.82, 2.24) is 5.43 Å². The molecule has 0 aliphatic carbocycles. The molecule has 1 rings (SSSR count). The molecule has 1 amide bonds. The van der Waals surface area contributed by atoms with E-state index in [1.807, 2.05) is 5.43 Å². The molecule has 17 heavy (non-hydrogen) atoms. The van der Waals surface area contributed by atoms with Gasteiger partial charge in [0.05, 0.1) is 5.41 Å². The maximum Gasteiger partial charge on any atom is 0.242 e. The molecule has 4 nitrogen and oxygen atoms in total. The molecule has 0 heterocycles. The largest absolute Gasteiger partial charge is 0.489 e. The Morgan fingerprint density at radius 2 is 2.12 bits per heavy atom. The molecule has 0 aromatic heterocycles. The van der Waals surface area contributed by atoms with E-state index in [4.69, 9.17) is 10.6 Å². The zero-order chi connectivity index (χ0) is 13.1. The number of rotatable bonds is 4. The van der Waals surface area contributed by atoms with Gasteiger partial charge in [0.2, 0.25) is 11.7 Å². The van der Waals surface area contributed by atoms with E-state index in [2.05, 4.69) is 0 Å². The van der Waals surface area contributed by atoms with E-state index in [0.29, 0.717) is 0 Å². The summed E-state index contributed by atoms with van der Waals surface area (Å²) in [6, 6.07) is 3.60. The molecule has 0 bridgehead atoms. The molecule has 0 atom stereocenters. The van der Waals surface area contributed by atoms with Gasteiger partial charge in [-0.2, -0.15) is 4.39 Å². The Bertz CT molecular complexity index is 422. The standard InChI is InChI=1S/C11H14F2N2O2/c1-11(2,10(16)15-14)6-17-8-5-3-4-7(12)9(8)13/h3-5H,6,14H2,1-2H3,(H,15,16). The van der Waals surface area contributed by atoms with Crippen molar-refractivity contribution in [2.75, 3.05) is 6.61 Å². The lowest BCUT2D eigenvalue weighted by molar-refractivity contribution is -0.130. The molecule has 0 aliphatic rings. The highest BCUT2D eigenvalue weighted by atomic mass is 19.2. The highest BCUT2D eigenvalue weighted by molar-refractivity contribution is 5.81. The summed E-state index contributed by atoms with van der Waals surface area (Å²) in [6.45, 7) is 3.04. The lowest BCUT2D eigenvalue weighted by Crippen LogP contribution is -2.44. The summed E-state index contributed by atoms with van der Waals surface area (Å²) in [4.78, 5) is 11.3. The smallest absolute Gasteiger partial charge is 0.242 e. The number of benzene rings is 1. The fourth-order valence-corrected chi connectivity index (χ4v) is 1.11. The van der Waals surface area contributed by atoms with E-state index < -0.39 is 23.0 Å². The molecule has 0 aliphatic heterocycles. The number of hydrogen-bond acceptors (Lipinski definition) is 3. The van der Waals surface area contributed by atoms with Crippen molar-refractivity contribution in [3.05, 3.63) is 29.8 Å². The third kappa shape index (κ3) is 3.13. The quantitative estimate of drug-likeness (QED) is 0.477. The average molecular weight is 244 g/mol. The summed E-state index contributed by atoms with van der Waals surface area (Å²) in [5, 5.41) is 0. The maximum absolute atomic E-state index is 13.2. The number of nitrogens with two attached hydrogens (primary N) is 1. The second-order valence-electron chi connectivity index (χ2n) is 4.20. The van der Waals surface area contributed by atoms with Crippen LogP contribution in [0.5, 0.6) is 5.75 Å². The fraction of sp³-hybridized carbons (Fsp3) is 0.364. The van der Waals surface area contributed by atoms with Crippen molar-refractivity contribution in [3.63, 3.8) is 0 Å². The first-order chi connectivity index (χ1) is 7.88. The van der Waals surface area contributed by atoms with Crippen molar-refractivity contribution < 1.29 is 18.3 Å². The number of carbonyl (C=O) groups excluding carboxylic acids is 1. The van der Waals surface area contributed by atoms with Gasteiger partial charge in [0.1, 0.15) is 6.61 Å². The van der Waals surface area contributed by atoms with Crippen LogP contribution in [0.15, 0.2) is 18.2 Å². The first-order valence-electron chi connectivity index (χ1n) is 4.96. The van der Waals surface area contributed by atoms with Gasteiger partial charge in [0.25, 0.3) is 0 Å². The normalized spacial score (nSPS) is 11.1. The third-order valence-corrected chi connectivity index (χ3v) is 2.25. The predicted molar refractivity (Wildman–Crippen MR) is 58.0 cm³/mol. The van der Waals surface area contributed by atoms with E-state index >= 15 is 0 Å². The Hall–Kier alpha value is -1.69. The van der Waals surface area contributed by atoms with E-state index in [1.54, 1.807) is 13.8 Å². The van der Waals surface area contributed by atoms with Gasteiger partial charge in [-0.3, -0.25) is 10.2 Å². The van der Waals surface area contributed by atoms with Gasteiger partial charge in [-0.1, -0.05) is 6.07 Å². The fourth-order valence-electron chi connectivity index (χ4n) is 1.11. The molecule has 1 aromatic rings. The Morgan fingerprint density at radius 1 is 1.47 bits per heavy atom. The van der Waals surface area contributed by atoms with Gasteiger partial charge in [0, 0.05) is 0 Å². The highest BCUT2D eigenvalue weighted by Crippen LogP contribution is 2.22. The summed E-state index contributed by atoms with van der Waals surface area (Å²) in [7, 11) is 0. The lowest BCUT2D eigenvalue weighted by atomic mass is 9.94. The van der Waals surface area contributed by atoms with E-state index in [9.17, 15) is 13.6 Å². The van der Waals surface area contributed by atoms with Crippen LogP contribution in [0.4, 0.5) is 8.78 Å². The van der Waals surface area contributed by atoms with Crippen LogP contribution in [0.2, 0.25) is 0 Å². The Kier molecular flexibility index (Phi) is 4.01. The molecule has 0 spiro atoms. The molecule has 0 saturated carbocycles. The van der Waals surface area contributed by atoms with Crippen molar-refractivity contribution in [2.45, 2.75) is 13.8 Å². The minimum Gasteiger partial charge on any atom is -0.489 e. The van der Waals surface area contributed by atoms with Gasteiger partial charge >= 0.3 is 0 Å². The van der Waals surface area contributed by atoms with Gasteiger partial charge in [0.15, 0.2) is 11.6 Å². The summed E-state index contributed by atoms with van der Waals surface area (Å²) in [5.74, 6) is 2.24. The average Bonchev–Trinajstić information content (AvgIpc) is 2.30. The second-order valence-corrected chi connectivity index (χ2v) is 4.20. The molecule has 3 N–H and O–H groups in total. The van der Waals surface area contributed by atoms with Crippen LogP contribution in [0.1, 0.15) is 13.8 Å². The maximum atomic E-state index is 13.2. The Morgan fingerprint density at radius 3 is 2.71 bits per heavy atom. The van der Waals surface area contributed by atoms with E-state index in [0.717, 1.165) is 6.07 Å². The first kappa shape index (κ1) is 13.4. The zero-order valence-corrected chi connectivity index (χ0v) is 9.59. The number of hydrogen-bond donors (Lipinski definition) is 2. The second kappa shape index (κ2) is 5.09. The molecule has 0 fully saturated rings. The van der Waals surface area contributed by atoms with Crippen LogP contribution in [0, 0.1) is 17.0 Å². The van der Waals surface area contributed by atoms with Gasteiger partial charge in [-0.05, 0) is 26.0 Å². The molecule has 0 saturated heterocycles. The van der Waals surface area contributed by atoms with Crippen LogP contribution < -0.4 is 16.0 Å². The molecule has 6 heteroatoms. The van der Waals surface area contributed by atoms with Crippen molar-refractivity contribution in [3.8, 4) is 5.75 Å². The van der Waals surface area contributed by atoms with Crippen LogP contribution in [-0.2, 0) is 4.79 Å². The SMILES string of the molecule is CC(C)(COc1cccc(F)c1F)C(=O)NN. The number of ether oxygens (including phenoxy) is 1. The third-order valence-electron chi connectivity index (χ3n) is 2.25. The molecule has 0 unspecified atom stereocenters. The molecular weight excluding hydrogens is 230 g/mol. The van der Waals surface area contributed by atoms with Crippen molar-refractivity contribution in [1.29, 1.82) is 0 Å². The number of amides is 1. The number of halogens is 2. The van der Waals surface area contributed by atoms with Gasteiger partial charge in [-0.25, -0.2) is 10.2 Å². The molecule has 1 aromatic carbocycles.